The van der Waals surface area contributed by atoms with E-state index in [4.69, 9.17) is 10.5 Å². The van der Waals surface area contributed by atoms with Gasteiger partial charge in [-0.3, -0.25) is 4.90 Å². The monoisotopic (exact) mass is 241 g/mol. The third-order valence-corrected chi connectivity index (χ3v) is 3.30. The molecular weight excluding hydrogens is 218 g/mol. The van der Waals surface area contributed by atoms with Crippen molar-refractivity contribution in [2.24, 2.45) is 5.73 Å². The van der Waals surface area contributed by atoms with Gasteiger partial charge >= 0.3 is 6.09 Å². The van der Waals surface area contributed by atoms with Crippen LogP contribution in [0.5, 0.6) is 0 Å². The standard InChI is InChI=1S/C12H23N3O2/c1-12(2,3)17-11(16)15-5-4-14-7-9(13)6-10(14)8-15/h9-10H,4-8,13H2,1-3H3/t9-,10+/m1/s1. The zero-order chi connectivity index (χ0) is 12.6. The average molecular weight is 241 g/mol. The average Bonchev–Trinajstić information content (AvgIpc) is 2.53. The van der Waals surface area contributed by atoms with Crippen molar-refractivity contribution in [1.29, 1.82) is 0 Å². The molecule has 0 radical (unpaired) electrons. The summed E-state index contributed by atoms with van der Waals surface area (Å²) in [5.41, 5.74) is 5.53. The van der Waals surface area contributed by atoms with Crippen LogP contribution >= 0.6 is 0 Å². The van der Waals surface area contributed by atoms with Crippen molar-refractivity contribution in [3.63, 3.8) is 0 Å². The lowest BCUT2D eigenvalue weighted by atomic mass is 10.1. The lowest BCUT2D eigenvalue weighted by molar-refractivity contribution is 0.00925. The Hall–Kier alpha value is -0.810. The molecule has 0 aromatic heterocycles. The number of nitrogens with zero attached hydrogens (tertiary/aromatic N) is 2. The predicted molar refractivity (Wildman–Crippen MR) is 65.8 cm³/mol. The third kappa shape index (κ3) is 3.10. The zero-order valence-electron chi connectivity index (χ0n) is 11.0. The van der Waals surface area contributed by atoms with Crippen LogP contribution in [0.2, 0.25) is 0 Å². The smallest absolute Gasteiger partial charge is 0.410 e. The summed E-state index contributed by atoms with van der Waals surface area (Å²) in [4.78, 5) is 16.1. The highest BCUT2D eigenvalue weighted by Gasteiger charge is 2.37. The van der Waals surface area contributed by atoms with Crippen LogP contribution in [0.3, 0.4) is 0 Å². The largest absolute Gasteiger partial charge is 0.444 e. The van der Waals surface area contributed by atoms with E-state index in [1.54, 1.807) is 0 Å². The maximum absolute atomic E-state index is 11.9. The summed E-state index contributed by atoms with van der Waals surface area (Å²) in [6, 6.07) is 0.685. The third-order valence-electron chi connectivity index (χ3n) is 3.30. The van der Waals surface area contributed by atoms with Gasteiger partial charge < -0.3 is 15.4 Å². The molecule has 2 fully saturated rings. The molecule has 1 amide bonds. The van der Waals surface area contributed by atoms with Crippen LogP contribution in [-0.2, 0) is 4.74 Å². The molecule has 17 heavy (non-hydrogen) atoms. The molecule has 2 atom stereocenters. The molecule has 5 nitrogen and oxygen atoms in total. The first-order valence-corrected chi connectivity index (χ1v) is 6.33. The number of carbonyl (C=O) groups is 1. The summed E-state index contributed by atoms with van der Waals surface area (Å²) >= 11 is 0. The highest BCUT2D eigenvalue weighted by atomic mass is 16.6. The van der Waals surface area contributed by atoms with E-state index in [2.05, 4.69) is 4.90 Å². The molecule has 2 N–H and O–H groups in total. The van der Waals surface area contributed by atoms with Crippen molar-refractivity contribution in [3.8, 4) is 0 Å². The van der Waals surface area contributed by atoms with Crippen molar-refractivity contribution < 1.29 is 9.53 Å². The molecule has 2 aliphatic heterocycles. The van der Waals surface area contributed by atoms with Crippen LogP contribution in [0.1, 0.15) is 27.2 Å². The van der Waals surface area contributed by atoms with E-state index >= 15 is 0 Å². The van der Waals surface area contributed by atoms with E-state index in [0.717, 1.165) is 32.6 Å². The minimum absolute atomic E-state index is 0.197. The molecule has 0 saturated carbocycles. The Labute approximate surface area is 103 Å². The van der Waals surface area contributed by atoms with Crippen LogP contribution in [0.25, 0.3) is 0 Å². The Balaban J connectivity index is 1.90. The van der Waals surface area contributed by atoms with E-state index < -0.39 is 5.60 Å². The SMILES string of the molecule is CC(C)(C)OC(=O)N1CCN2C[C@H](N)C[C@H]2C1. The number of ether oxygens (including phenoxy) is 1. The van der Waals surface area contributed by atoms with Crippen LogP contribution < -0.4 is 5.73 Å². The summed E-state index contributed by atoms with van der Waals surface area (Å²) in [5, 5.41) is 0. The molecule has 0 aliphatic carbocycles. The molecule has 0 bridgehead atoms. The van der Waals surface area contributed by atoms with Crippen molar-refractivity contribution in [1.82, 2.24) is 9.80 Å². The predicted octanol–water partition coefficient (Wildman–Crippen LogP) is 0.639. The molecule has 2 heterocycles. The fraction of sp³-hybridized carbons (Fsp3) is 0.917. The highest BCUT2D eigenvalue weighted by Crippen LogP contribution is 2.22. The highest BCUT2D eigenvalue weighted by molar-refractivity contribution is 5.68. The van der Waals surface area contributed by atoms with Crippen LogP contribution in [0.15, 0.2) is 0 Å². The van der Waals surface area contributed by atoms with Crippen molar-refractivity contribution >= 4 is 6.09 Å². The van der Waals surface area contributed by atoms with Gasteiger partial charge in [0.15, 0.2) is 0 Å². The molecular formula is C12H23N3O2. The molecule has 0 spiro atoms. The molecule has 0 aromatic carbocycles. The number of carbonyl (C=O) groups excluding carboxylic acids is 1. The number of nitrogens with two attached hydrogens (primary N) is 1. The van der Waals surface area contributed by atoms with Crippen molar-refractivity contribution in [3.05, 3.63) is 0 Å². The summed E-state index contributed by atoms with van der Waals surface area (Å²) in [6.07, 6.45) is 0.789. The second-order valence-electron chi connectivity index (χ2n) is 6.07. The Morgan fingerprint density at radius 3 is 2.65 bits per heavy atom. The van der Waals surface area contributed by atoms with Crippen molar-refractivity contribution in [2.75, 3.05) is 26.2 Å². The minimum atomic E-state index is -0.416. The minimum Gasteiger partial charge on any atom is -0.444 e. The quantitative estimate of drug-likeness (QED) is 0.676. The lowest BCUT2D eigenvalue weighted by Crippen LogP contribution is -2.53. The summed E-state index contributed by atoms with van der Waals surface area (Å²) < 4.78 is 5.39. The fourth-order valence-electron chi connectivity index (χ4n) is 2.57. The number of piperazine rings is 1. The van der Waals surface area contributed by atoms with Gasteiger partial charge in [-0.15, -0.1) is 0 Å². The Morgan fingerprint density at radius 1 is 1.29 bits per heavy atom. The first-order chi connectivity index (χ1) is 7.85. The molecule has 98 valence electrons. The molecule has 0 aromatic rings. The van der Waals surface area contributed by atoms with Crippen LogP contribution in [0.4, 0.5) is 4.79 Å². The van der Waals surface area contributed by atoms with E-state index in [1.807, 2.05) is 25.7 Å². The van der Waals surface area contributed by atoms with Gasteiger partial charge in [0.05, 0.1) is 0 Å². The summed E-state index contributed by atoms with van der Waals surface area (Å²) in [6.45, 7) is 9.07. The number of rotatable bonds is 0. The Morgan fingerprint density at radius 2 is 2.00 bits per heavy atom. The number of hydrogen-bond donors (Lipinski definition) is 1. The second kappa shape index (κ2) is 4.46. The molecule has 2 aliphatic rings. The zero-order valence-corrected chi connectivity index (χ0v) is 11.0. The summed E-state index contributed by atoms with van der Waals surface area (Å²) in [7, 11) is 0. The number of fused-ring (bicyclic) bond motifs is 1. The van der Waals surface area contributed by atoms with Crippen LogP contribution in [0, 0.1) is 0 Å². The molecule has 5 heteroatoms. The van der Waals surface area contributed by atoms with Gasteiger partial charge in [0, 0.05) is 38.3 Å². The second-order valence-corrected chi connectivity index (χ2v) is 6.07. The maximum atomic E-state index is 11.9. The van der Waals surface area contributed by atoms with Gasteiger partial charge in [-0.2, -0.15) is 0 Å². The normalized spacial score (nSPS) is 30.2. The Bertz CT molecular complexity index is 301. The fourth-order valence-corrected chi connectivity index (χ4v) is 2.57. The maximum Gasteiger partial charge on any atom is 0.410 e. The van der Waals surface area contributed by atoms with E-state index in [0.29, 0.717) is 6.04 Å². The van der Waals surface area contributed by atoms with E-state index in [1.165, 1.54) is 0 Å². The van der Waals surface area contributed by atoms with Gasteiger partial charge in [-0.1, -0.05) is 0 Å². The van der Waals surface area contributed by atoms with Gasteiger partial charge in [0.2, 0.25) is 0 Å². The molecule has 2 rings (SSSR count). The van der Waals surface area contributed by atoms with Gasteiger partial charge in [-0.05, 0) is 27.2 Å². The van der Waals surface area contributed by atoms with Gasteiger partial charge in [0.1, 0.15) is 5.60 Å². The molecule has 0 unspecified atom stereocenters. The summed E-state index contributed by atoms with van der Waals surface area (Å²) in [5.74, 6) is 0. The van der Waals surface area contributed by atoms with Crippen LogP contribution in [-0.4, -0.2) is 59.8 Å². The van der Waals surface area contributed by atoms with Gasteiger partial charge in [0.25, 0.3) is 0 Å². The van der Waals surface area contributed by atoms with E-state index in [9.17, 15) is 4.79 Å². The lowest BCUT2D eigenvalue weighted by Gasteiger charge is -2.37. The first-order valence-electron chi connectivity index (χ1n) is 6.33. The molecule has 2 saturated heterocycles. The first kappa shape index (κ1) is 12.6. The number of amides is 1. The van der Waals surface area contributed by atoms with Gasteiger partial charge in [-0.25, -0.2) is 4.79 Å². The Kier molecular flexibility index (Phi) is 3.32. The number of hydrogen-bond acceptors (Lipinski definition) is 4. The van der Waals surface area contributed by atoms with E-state index in [-0.39, 0.29) is 12.1 Å². The van der Waals surface area contributed by atoms with Crippen molar-refractivity contribution in [2.45, 2.75) is 44.9 Å². The topological polar surface area (TPSA) is 58.8 Å².